The fourth-order valence-corrected chi connectivity index (χ4v) is 2.29. The number of nitrogens with two attached hydrogens (primary N) is 1. The molecule has 0 atom stereocenters. The topological polar surface area (TPSA) is 104 Å². The van der Waals surface area contributed by atoms with Gasteiger partial charge in [0.05, 0.1) is 6.33 Å². The summed E-state index contributed by atoms with van der Waals surface area (Å²) in [4.78, 5) is 30.9. The summed E-state index contributed by atoms with van der Waals surface area (Å²) in [5, 5.41) is 2.84. The highest BCUT2D eigenvalue weighted by atomic mass is 16.1. The number of anilines is 2. The van der Waals surface area contributed by atoms with Crippen LogP contribution in [0.15, 0.2) is 11.1 Å². The van der Waals surface area contributed by atoms with E-state index in [0.717, 1.165) is 25.9 Å². The average molecular weight is 265 g/mol. The van der Waals surface area contributed by atoms with Crippen molar-refractivity contribution in [3.8, 4) is 0 Å². The maximum atomic E-state index is 11.4. The van der Waals surface area contributed by atoms with Gasteiger partial charge in [0.25, 0.3) is 5.56 Å². The van der Waals surface area contributed by atoms with Crippen LogP contribution in [0.3, 0.4) is 0 Å². The molecule has 2 heterocycles. The maximum absolute atomic E-state index is 11.4. The van der Waals surface area contributed by atoms with Gasteiger partial charge in [-0.25, -0.2) is 4.98 Å². The number of aromatic amines is 1. The minimum absolute atomic E-state index is 0.00272. The minimum atomic E-state index is -0.301. The van der Waals surface area contributed by atoms with Crippen molar-refractivity contribution >= 4 is 17.4 Å². The molecule has 0 bridgehead atoms. The van der Waals surface area contributed by atoms with Crippen LogP contribution >= 0.6 is 0 Å². The van der Waals surface area contributed by atoms with Gasteiger partial charge < -0.3 is 20.9 Å². The number of hydrogen-bond donors (Lipinski definition) is 3. The highest BCUT2D eigenvalue weighted by molar-refractivity contribution is 5.72. The molecule has 104 valence electrons. The predicted molar refractivity (Wildman–Crippen MR) is 72.9 cm³/mol. The van der Waals surface area contributed by atoms with Crippen LogP contribution in [0.1, 0.15) is 19.8 Å². The second kappa shape index (κ2) is 5.73. The second-order valence-corrected chi connectivity index (χ2v) is 4.84. The number of piperidine rings is 1. The highest BCUT2D eigenvalue weighted by Gasteiger charge is 2.22. The molecule has 1 amide bonds. The molecule has 19 heavy (non-hydrogen) atoms. The van der Waals surface area contributed by atoms with Crippen molar-refractivity contribution < 1.29 is 4.79 Å². The SMILES string of the molecule is CC(=O)NCC1CCN(c2nc[nH]c(=O)c2N)CC1. The third-order valence-electron chi connectivity index (χ3n) is 3.42. The van der Waals surface area contributed by atoms with Crippen molar-refractivity contribution in [2.24, 2.45) is 5.92 Å². The Balaban J connectivity index is 1.94. The lowest BCUT2D eigenvalue weighted by molar-refractivity contribution is -0.119. The standard InChI is InChI=1S/C12H19N5O2/c1-8(18)14-6-9-2-4-17(5-3-9)11-10(13)12(19)16-7-15-11/h7,9H,2-6,13H2,1H3,(H,14,18)(H,15,16,19). The van der Waals surface area contributed by atoms with Gasteiger partial charge in [0.15, 0.2) is 5.82 Å². The van der Waals surface area contributed by atoms with Crippen LogP contribution in [-0.4, -0.2) is 35.5 Å². The monoisotopic (exact) mass is 265 g/mol. The molecule has 0 unspecified atom stereocenters. The zero-order valence-corrected chi connectivity index (χ0v) is 11.0. The number of carbonyl (C=O) groups excluding carboxylic acids is 1. The zero-order valence-electron chi connectivity index (χ0n) is 11.0. The van der Waals surface area contributed by atoms with Crippen molar-refractivity contribution in [1.82, 2.24) is 15.3 Å². The Morgan fingerprint density at radius 3 is 2.89 bits per heavy atom. The lowest BCUT2D eigenvalue weighted by Gasteiger charge is -2.33. The van der Waals surface area contributed by atoms with Crippen LogP contribution in [-0.2, 0) is 4.79 Å². The second-order valence-electron chi connectivity index (χ2n) is 4.84. The number of nitrogens with zero attached hydrogens (tertiary/aromatic N) is 2. The first-order valence-electron chi connectivity index (χ1n) is 6.40. The van der Waals surface area contributed by atoms with Crippen LogP contribution < -0.4 is 21.5 Å². The average Bonchev–Trinajstić information content (AvgIpc) is 2.40. The van der Waals surface area contributed by atoms with E-state index in [1.807, 2.05) is 4.90 Å². The molecule has 1 aliphatic heterocycles. The number of H-pyrrole nitrogens is 1. The summed E-state index contributed by atoms with van der Waals surface area (Å²) < 4.78 is 0. The number of nitrogen functional groups attached to an aromatic ring is 1. The summed E-state index contributed by atoms with van der Waals surface area (Å²) in [5.74, 6) is 1.04. The molecule has 4 N–H and O–H groups in total. The smallest absolute Gasteiger partial charge is 0.276 e. The van der Waals surface area contributed by atoms with Crippen LogP contribution in [0.2, 0.25) is 0 Å². The van der Waals surface area contributed by atoms with E-state index in [9.17, 15) is 9.59 Å². The van der Waals surface area contributed by atoms with E-state index >= 15 is 0 Å². The summed E-state index contributed by atoms with van der Waals surface area (Å²) in [5.41, 5.74) is 5.61. The number of aromatic nitrogens is 2. The predicted octanol–water partition coefficient (Wildman–Crippen LogP) is -0.295. The number of hydrogen-bond acceptors (Lipinski definition) is 5. The van der Waals surface area contributed by atoms with Gasteiger partial charge >= 0.3 is 0 Å². The molecule has 7 heteroatoms. The van der Waals surface area contributed by atoms with Crippen LogP contribution in [0.4, 0.5) is 11.5 Å². The molecule has 1 aliphatic rings. The lowest BCUT2D eigenvalue weighted by Crippen LogP contribution is -2.39. The van der Waals surface area contributed by atoms with E-state index < -0.39 is 0 Å². The van der Waals surface area contributed by atoms with Gasteiger partial charge in [-0.2, -0.15) is 0 Å². The van der Waals surface area contributed by atoms with E-state index in [4.69, 9.17) is 5.73 Å². The van der Waals surface area contributed by atoms with Crippen molar-refractivity contribution in [2.45, 2.75) is 19.8 Å². The summed E-state index contributed by atoms with van der Waals surface area (Å²) >= 11 is 0. The zero-order chi connectivity index (χ0) is 13.8. The molecule has 0 aromatic carbocycles. The molecule has 1 aromatic heterocycles. The molecule has 0 spiro atoms. The number of carbonyl (C=O) groups is 1. The molecule has 0 saturated carbocycles. The van der Waals surface area contributed by atoms with Crippen molar-refractivity contribution in [1.29, 1.82) is 0 Å². The molecule has 1 aromatic rings. The number of rotatable bonds is 3. The van der Waals surface area contributed by atoms with E-state index in [-0.39, 0.29) is 17.2 Å². The van der Waals surface area contributed by atoms with Crippen molar-refractivity contribution in [3.63, 3.8) is 0 Å². The van der Waals surface area contributed by atoms with Crippen molar-refractivity contribution in [2.75, 3.05) is 30.3 Å². The van der Waals surface area contributed by atoms with Gasteiger partial charge in [-0.05, 0) is 18.8 Å². The third kappa shape index (κ3) is 3.24. The Morgan fingerprint density at radius 2 is 2.26 bits per heavy atom. The molecule has 2 rings (SSSR count). The summed E-state index contributed by atoms with van der Waals surface area (Å²) in [7, 11) is 0. The molecule has 7 nitrogen and oxygen atoms in total. The van der Waals surface area contributed by atoms with E-state index in [0.29, 0.717) is 18.3 Å². The summed E-state index contributed by atoms with van der Waals surface area (Å²) in [6.07, 6.45) is 3.28. The summed E-state index contributed by atoms with van der Waals surface area (Å²) in [6.45, 7) is 3.83. The number of nitrogens with one attached hydrogen (secondary N) is 2. The maximum Gasteiger partial charge on any atom is 0.276 e. The van der Waals surface area contributed by atoms with Crippen LogP contribution in [0.5, 0.6) is 0 Å². The van der Waals surface area contributed by atoms with Gasteiger partial charge in [-0.3, -0.25) is 9.59 Å². The normalized spacial score (nSPS) is 16.4. The Bertz CT molecular complexity index is 505. The van der Waals surface area contributed by atoms with Gasteiger partial charge in [0, 0.05) is 26.6 Å². The fraction of sp³-hybridized carbons (Fsp3) is 0.583. The Labute approximate surface area is 111 Å². The molecule has 1 saturated heterocycles. The molecule has 1 fully saturated rings. The largest absolute Gasteiger partial charge is 0.391 e. The fourth-order valence-electron chi connectivity index (χ4n) is 2.29. The quantitative estimate of drug-likeness (QED) is 0.696. The lowest BCUT2D eigenvalue weighted by atomic mass is 9.97. The van der Waals surface area contributed by atoms with Crippen molar-refractivity contribution in [3.05, 3.63) is 16.7 Å². The van der Waals surface area contributed by atoms with Gasteiger partial charge in [0.1, 0.15) is 5.69 Å². The minimum Gasteiger partial charge on any atom is -0.391 e. The molecular formula is C12H19N5O2. The van der Waals surface area contributed by atoms with Gasteiger partial charge in [0.2, 0.25) is 5.91 Å². The van der Waals surface area contributed by atoms with Gasteiger partial charge in [-0.1, -0.05) is 0 Å². The summed E-state index contributed by atoms with van der Waals surface area (Å²) in [6, 6.07) is 0. The Kier molecular flexibility index (Phi) is 4.03. The van der Waals surface area contributed by atoms with Gasteiger partial charge in [-0.15, -0.1) is 0 Å². The highest BCUT2D eigenvalue weighted by Crippen LogP contribution is 2.23. The number of amides is 1. The van der Waals surface area contributed by atoms with Crippen LogP contribution in [0, 0.1) is 5.92 Å². The van der Waals surface area contributed by atoms with E-state index in [1.165, 1.54) is 13.3 Å². The Hall–Kier alpha value is -2.05. The Morgan fingerprint density at radius 1 is 1.58 bits per heavy atom. The third-order valence-corrected chi connectivity index (χ3v) is 3.42. The van der Waals surface area contributed by atoms with E-state index in [2.05, 4.69) is 15.3 Å². The molecular weight excluding hydrogens is 246 g/mol. The van der Waals surface area contributed by atoms with Crippen LogP contribution in [0.25, 0.3) is 0 Å². The molecule has 0 radical (unpaired) electrons. The first-order valence-corrected chi connectivity index (χ1v) is 6.40. The van der Waals surface area contributed by atoms with E-state index in [1.54, 1.807) is 0 Å². The first-order chi connectivity index (χ1) is 9.08. The molecule has 0 aliphatic carbocycles. The first kappa shape index (κ1) is 13.4.